The van der Waals surface area contributed by atoms with E-state index in [9.17, 15) is 9.50 Å². The summed E-state index contributed by atoms with van der Waals surface area (Å²) in [7, 11) is 0. The number of ether oxygens (including phenoxy) is 1. The molecule has 2 rings (SSSR count). The lowest BCUT2D eigenvalue weighted by Crippen LogP contribution is -1.97. The van der Waals surface area contributed by atoms with E-state index in [1.165, 1.54) is 24.3 Å². The predicted octanol–water partition coefficient (Wildman–Crippen LogP) is 3.54. The second kappa shape index (κ2) is 5.51. The summed E-state index contributed by atoms with van der Waals surface area (Å²) in [6.45, 7) is 1.60. The molecule has 0 saturated carbocycles. The van der Waals surface area contributed by atoms with E-state index in [0.29, 0.717) is 22.6 Å². The van der Waals surface area contributed by atoms with Gasteiger partial charge in [-0.1, -0.05) is 12.1 Å². The maximum atomic E-state index is 13.1. The Hall–Kier alpha value is -2.38. The number of nitrogens with zero attached hydrogens (tertiary/aromatic N) is 1. The molecule has 0 aliphatic rings. The zero-order valence-electron chi connectivity index (χ0n) is 10.3. The largest absolute Gasteiger partial charge is 0.457 e. The average Bonchev–Trinajstić information content (AvgIpc) is 2.38. The molecule has 19 heavy (non-hydrogen) atoms. The monoisotopic (exact) mass is 257 g/mol. The normalized spacial score (nSPS) is 11.7. The molecule has 0 amide bonds. The highest BCUT2D eigenvalue weighted by molar-refractivity contribution is 5.45. The molecule has 0 radical (unpaired) electrons. The molecule has 0 fully saturated rings. The smallest absolute Gasteiger partial charge is 0.134 e. The molecule has 2 aromatic rings. The molecule has 1 unspecified atom stereocenters. The van der Waals surface area contributed by atoms with Crippen LogP contribution in [0.2, 0.25) is 0 Å². The van der Waals surface area contributed by atoms with Gasteiger partial charge in [0.05, 0.1) is 17.7 Å². The SMILES string of the molecule is CC(O)c1ccc(C#N)cc1Oc1cccc(F)c1. The first-order chi connectivity index (χ1) is 9.10. The van der Waals surface area contributed by atoms with Crippen molar-refractivity contribution in [3.63, 3.8) is 0 Å². The Morgan fingerprint density at radius 2 is 2.05 bits per heavy atom. The van der Waals surface area contributed by atoms with Crippen molar-refractivity contribution in [2.45, 2.75) is 13.0 Å². The van der Waals surface area contributed by atoms with Crippen molar-refractivity contribution in [2.24, 2.45) is 0 Å². The van der Waals surface area contributed by atoms with Crippen LogP contribution < -0.4 is 4.74 Å². The highest BCUT2D eigenvalue weighted by Gasteiger charge is 2.11. The standard InChI is InChI=1S/C15H12FNO2/c1-10(18)14-6-5-11(9-17)7-15(14)19-13-4-2-3-12(16)8-13/h2-8,10,18H,1H3. The van der Waals surface area contributed by atoms with Gasteiger partial charge in [0, 0.05) is 11.6 Å². The zero-order valence-corrected chi connectivity index (χ0v) is 10.3. The van der Waals surface area contributed by atoms with Gasteiger partial charge in [-0.05, 0) is 31.2 Å². The maximum Gasteiger partial charge on any atom is 0.134 e. The van der Waals surface area contributed by atoms with Gasteiger partial charge >= 0.3 is 0 Å². The van der Waals surface area contributed by atoms with E-state index in [1.807, 2.05) is 6.07 Å². The highest BCUT2D eigenvalue weighted by Crippen LogP contribution is 2.30. The van der Waals surface area contributed by atoms with Gasteiger partial charge in [-0.3, -0.25) is 0 Å². The molecule has 0 aromatic heterocycles. The Morgan fingerprint density at radius 1 is 1.26 bits per heavy atom. The second-order valence-electron chi connectivity index (χ2n) is 4.10. The van der Waals surface area contributed by atoms with Gasteiger partial charge in [0.25, 0.3) is 0 Å². The number of aliphatic hydroxyl groups is 1. The summed E-state index contributed by atoms with van der Waals surface area (Å²) in [5.74, 6) is 0.254. The molecule has 0 saturated heterocycles. The number of rotatable bonds is 3. The van der Waals surface area contributed by atoms with E-state index in [4.69, 9.17) is 10.00 Å². The first kappa shape index (κ1) is 13.1. The van der Waals surface area contributed by atoms with Crippen LogP contribution in [0.1, 0.15) is 24.2 Å². The number of aliphatic hydroxyl groups excluding tert-OH is 1. The minimum absolute atomic E-state index is 0.317. The van der Waals surface area contributed by atoms with Crippen molar-refractivity contribution >= 4 is 0 Å². The molecular formula is C15H12FNO2. The van der Waals surface area contributed by atoms with E-state index in [0.717, 1.165) is 0 Å². The molecule has 0 spiro atoms. The van der Waals surface area contributed by atoms with E-state index in [2.05, 4.69) is 0 Å². The molecule has 3 nitrogen and oxygen atoms in total. The summed E-state index contributed by atoms with van der Waals surface area (Å²) in [5, 5.41) is 18.5. The third kappa shape index (κ3) is 3.09. The van der Waals surface area contributed by atoms with Crippen LogP contribution in [-0.2, 0) is 0 Å². The third-order valence-electron chi connectivity index (χ3n) is 2.62. The number of halogens is 1. The molecule has 1 atom stereocenters. The van der Waals surface area contributed by atoms with Crippen molar-refractivity contribution in [1.82, 2.24) is 0 Å². The molecule has 2 aromatic carbocycles. The maximum absolute atomic E-state index is 13.1. The topological polar surface area (TPSA) is 53.2 Å². The van der Waals surface area contributed by atoms with Crippen LogP contribution in [0.15, 0.2) is 42.5 Å². The Balaban J connectivity index is 2.40. The van der Waals surface area contributed by atoms with Crippen molar-refractivity contribution in [2.75, 3.05) is 0 Å². The Bertz CT molecular complexity index is 632. The van der Waals surface area contributed by atoms with E-state index < -0.39 is 11.9 Å². The van der Waals surface area contributed by atoms with Gasteiger partial charge in [-0.25, -0.2) is 4.39 Å². The van der Waals surface area contributed by atoms with Gasteiger partial charge < -0.3 is 9.84 Å². The van der Waals surface area contributed by atoms with Crippen LogP contribution >= 0.6 is 0 Å². The lowest BCUT2D eigenvalue weighted by Gasteiger charge is -2.13. The molecule has 0 aliphatic carbocycles. The van der Waals surface area contributed by atoms with Crippen molar-refractivity contribution in [3.05, 3.63) is 59.4 Å². The van der Waals surface area contributed by atoms with Crippen LogP contribution in [0.4, 0.5) is 4.39 Å². The summed E-state index contributed by atoms with van der Waals surface area (Å²) >= 11 is 0. The number of nitriles is 1. The fourth-order valence-corrected chi connectivity index (χ4v) is 1.69. The van der Waals surface area contributed by atoms with Crippen LogP contribution in [0.25, 0.3) is 0 Å². The summed E-state index contributed by atoms with van der Waals surface area (Å²) in [4.78, 5) is 0. The molecule has 0 aliphatic heterocycles. The van der Waals surface area contributed by atoms with Crippen molar-refractivity contribution in [3.8, 4) is 17.6 Å². The lowest BCUT2D eigenvalue weighted by atomic mass is 10.1. The van der Waals surface area contributed by atoms with Crippen LogP contribution in [-0.4, -0.2) is 5.11 Å². The van der Waals surface area contributed by atoms with Gasteiger partial charge in [0.1, 0.15) is 17.3 Å². The van der Waals surface area contributed by atoms with Crippen molar-refractivity contribution < 1.29 is 14.2 Å². The van der Waals surface area contributed by atoms with Gasteiger partial charge in [-0.2, -0.15) is 5.26 Å². The first-order valence-corrected chi connectivity index (χ1v) is 5.75. The fourth-order valence-electron chi connectivity index (χ4n) is 1.69. The van der Waals surface area contributed by atoms with Gasteiger partial charge in [-0.15, -0.1) is 0 Å². The summed E-state index contributed by atoms with van der Waals surface area (Å²) < 4.78 is 18.6. The van der Waals surface area contributed by atoms with Gasteiger partial charge in [0.2, 0.25) is 0 Å². The molecule has 4 heteroatoms. The van der Waals surface area contributed by atoms with Crippen molar-refractivity contribution in [1.29, 1.82) is 5.26 Å². The zero-order chi connectivity index (χ0) is 13.8. The third-order valence-corrected chi connectivity index (χ3v) is 2.62. The van der Waals surface area contributed by atoms with E-state index >= 15 is 0 Å². The number of hydrogen-bond donors (Lipinski definition) is 1. The Labute approximate surface area is 110 Å². The number of hydrogen-bond acceptors (Lipinski definition) is 3. The fraction of sp³-hybridized carbons (Fsp3) is 0.133. The summed E-state index contributed by atoms with van der Waals surface area (Å²) in [5.41, 5.74) is 0.957. The minimum Gasteiger partial charge on any atom is -0.457 e. The first-order valence-electron chi connectivity index (χ1n) is 5.75. The summed E-state index contributed by atoms with van der Waals surface area (Å²) in [6.07, 6.45) is -0.740. The van der Waals surface area contributed by atoms with E-state index in [1.54, 1.807) is 25.1 Å². The van der Waals surface area contributed by atoms with Crippen LogP contribution in [0.5, 0.6) is 11.5 Å². The summed E-state index contributed by atoms with van der Waals surface area (Å²) in [6, 6.07) is 12.4. The Kier molecular flexibility index (Phi) is 3.79. The van der Waals surface area contributed by atoms with Crippen LogP contribution in [0, 0.1) is 17.1 Å². The molecule has 0 heterocycles. The average molecular weight is 257 g/mol. The minimum atomic E-state index is -0.740. The highest BCUT2D eigenvalue weighted by atomic mass is 19.1. The molecular weight excluding hydrogens is 245 g/mol. The number of benzene rings is 2. The Morgan fingerprint density at radius 3 is 2.68 bits per heavy atom. The van der Waals surface area contributed by atoms with Gasteiger partial charge in [0.15, 0.2) is 0 Å². The second-order valence-corrected chi connectivity index (χ2v) is 4.10. The molecule has 1 N–H and O–H groups in total. The quantitative estimate of drug-likeness (QED) is 0.914. The lowest BCUT2D eigenvalue weighted by molar-refractivity contribution is 0.195. The van der Waals surface area contributed by atoms with E-state index in [-0.39, 0.29) is 0 Å². The van der Waals surface area contributed by atoms with Crippen LogP contribution in [0.3, 0.4) is 0 Å². The predicted molar refractivity (Wildman–Crippen MR) is 68.3 cm³/mol. The molecule has 96 valence electrons. The molecule has 0 bridgehead atoms.